The predicted octanol–water partition coefficient (Wildman–Crippen LogP) is 3.10. The molecular formula is C12H23N. The summed E-state index contributed by atoms with van der Waals surface area (Å²) in [7, 11) is 0. The molecule has 0 amide bonds. The van der Waals surface area contributed by atoms with Gasteiger partial charge in [-0.3, -0.25) is 0 Å². The van der Waals surface area contributed by atoms with E-state index in [0.717, 1.165) is 18.0 Å². The Bertz CT molecular complexity index is 143. The zero-order valence-electron chi connectivity index (χ0n) is 8.89. The van der Waals surface area contributed by atoms with Gasteiger partial charge in [0.2, 0.25) is 0 Å². The second-order valence-electron chi connectivity index (χ2n) is 4.98. The van der Waals surface area contributed by atoms with Crippen LogP contribution in [-0.4, -0.2) is 12.1 Å². The van der Waals surface area contributed by atoms with Gasteiger partial charge >= 0.3 is 0 Å². The molecule has 0 unspecified atom stereocenters. The third-order valence-corrected chi connectivity index (χ3v) is 3.68. The monoisotopic (exact) mass is 181 g/mol. The first kappa shape index (κ1) is 9.51. The van der Waals surface area contributed by atoms with Crippen molar-refractivity contribution in [2.24, 2.45) is 5.92 Å². The minimum atomic E-state index is 0.783. The Morgan fingerprint density at radius 3 is 2.08 bits per heavy atom. The van der Waals surface area contributed by atoms with Crippen molar-refractivity contribution in [2.75, 3.05) is 0 Å². The highest BCUT2D eigenvalue weighted by atomic mass is 15.0. The van der Waals surface area contributed by atoms with Gasteiger partial charge in [0.25, 0.3) is 0 Å². The van der Waals surface area contributed by atoms with Gasteiger partial charge < -0.3 is 5.32 Å². The molecule has 2 aliphatic carbocycles. The minimum Gasteiger partial charge on any atom is -0.311 e. The van der Waals surface area contributed by atoms with Gasteiger partial charge in [-0.1, -0.05) is 25.7 Å². The van der Waals surface area contributed by atoms with E-state index in [1.807, 2.05) is 0 Å². The fourth-order valence-corrected chi connectivity index (χ4v) is 2.57. The van der Waals surface area contributed by atoms with Crippen molar-refractivity contribution in [1.29, 1.82) is 0 Å². The third-order valence-electron chi connectivity index (χ3n) is 3.68. The maximum Gasteiger partial charge on any atom is 0.00708 e. The molecular weight excluding hydrogens is 158 g/mol. The second-order valence-corrected chi connectivity index (χ2v) is 4.98. The van der Waals surface area contributed by atoms with E-state index in [0.29, 0.717) is 0 Å². The molecule has 1 N–H and O–H groups in total. The Morgan fingerprint density at radius 2 is 1.54 bits per heavy atom. The van der Waals surface area contributed by atoms with Gasteiger partial charge in [0.1, 0.15) is 0 Å². The van der Waals surface area contributed by atoms with Crippen molar-refractivity contribution in [3.63, 3.8) is 0 Å². The van der Waals surface area contributed by atoms with Crippen LogP contribution in [0.15, 0.2) is 0 Å². The van der Waals surface area contributed by atoms with Gasteiger partial charge in [-0.05, 0) is 38.5 Å². The average Bonchev–Trinajstić information content (AvgIpc) is 2.87. The van der Waals surface area contributed by atoms with Crippen LogP contribution in [0.5, 0.6) is 0 Å². The Morgan fingerprint density at radius 1 is 0.923 bits per heavy atom. The molecule has 0 aromatic rings. The lowest BCUT2D eigenvalue weighted by Crippen LogP contribution is -2.34. The van der Waals surface area contributed by atoms with E-state index in [9.17, 15) is 0 Å². The summed E-state index contributed by atoms with van der Waals surface area (Å²) in [4.78, 5) is 0. The van der Waals surface area contributed by atoms with Crippen LogP contribution in [-0.2, 0) is 0 Å². The molecule has 2 fully saturated rings. The van der Waals surface area contributed by atoms with Crippen molar-refractivity contribution in [3.05, 3.63) is 0 Å². The smallest absolute Gasteiger partial charge is 0.00708 e. The molecule has 0 aliphatic heterocycles. The fourth-order valence-electron chi connectivity index (χ4n) is 2.57. The van der Waals surface area contributed by atoms with Crippen LogP contribution in [0.1, 0.15) is 58.3 Å². The summed E-state index contributed by atoms with van der Waals surface area (Å²) >= 11 is 0. The maximum absolute atomic E-state index is 3.75. The second kappa shape index (κ2) is 4.45. The quantitative estimate of drug-likeness (QED) is 0.660. The average molecular weight is 181 g/mol. The number of hydrogen-bond acceptors (Lipinski definition) is 1. The first-order valence-corrected chi connectivity index (χ1v) is 6.12. The molecule has 0 radical (unpaired) electrons. The molecule has 1 nitrogen and oxygen atoms in total. The molecule has 1 atom stereocenters. The molecule has 1 heteroatoms. The van der Waals surface area contributed by atoms with Crippen LogP contribution in [0.4, 0.5) is 0 Å². The summed E-state index contributed by atoms with van der Waals surface area (Å²) in [5.41, 5.74) is 0. The van der Waals surface area contributed by atoms with Gasteiger partial charge in [0.05, 0.1) is 0 Å². The SMILES string of the molecule is C[C@H](NC1CC1)C1CCCCCC1. The van der Waals surface area contributed by atoms with Crippen molar-refractivity contribution in [3.8, 4) is 0 Å². The van der Waals surface area contributed by atoms with E-state index >= 15 is 0 Å². The molecule has 0 bridgehead atoms. The van der Waals surface area contributed by atoms with Crippen LogP contribution in [0.3, 0.4) is 0 Å². The van der Waals surface area contributed by atoms with Crippen molar-refractivity contribution in [2.45, 2.75) is 70.4 Å². The molecule has 13 heavy (non-hydrogen) atoms. The minimum absolute atomic E-state index is 0.783. The predicted molar refractivity (Wildman–Crippen MR) is 56.8 cm³/mol. The first-order valence-electron chi connectivity index (χ1n) is 6.12. The fraction of sp³-hybridized carbons (Fsp3) is 1.00. The molecule has 0 heterocycles. The Kier molecular flexibility index (Phi) is 3.26. The number of hydrogen-bond donors (Lipinski definition) is 1. The van der Waals surface area contributed by atoms with Crippen LogP contribution in [0.2, 0.25) is 0 Å². The lowest BCUT2D eigenvalue weighted by atomic mass is 9.93. The summed E-state index contributed by atoms with van der Waals surface area (Å²) in [5.74, 6) is 0.975. The highest BCUT2D eigenvalue weighted by Crippen LogP contribution is 2.28. The summed E-state index contributed by atoms with van der Waals surface area (Å²) in [6.07, 6.45) is 11.7. The molecule has 2 aliphatic rings. The van der Waals surface area contributed by atoms with Crippen molar-refractivity contribution in [1.82, 2.24) is 5.32 Å². The number of rotatable bonds is 3. The van der Waals surface area contributed by atoms with Gasteiger partial charge in [-0.15, -0.1) is 0 Å². The molecule has 0 aromatic carbocycles. The van der Waals surface area contributed by atoms with Crippen molar-refractivity contribution < 1.29 is 0 Å². The molecule has 2 rings (SSSR count). The lowest BCUT2D eigenvalue weighted by Gasteiger charge is -2.23. The Labute approximate surface area is 82.3 Å². The molecule has 2 saturated carbocycles. The summed E-state index contributed by atoms with van der Waals surface area (Å²) < 4.78 is 0. The topological polar surface area (TPSA) is 12.0 Å². The Hall–Kier alpha value is -0.0400. The maximum atomic E-state index is 3.75. The van der Waals surface area contributed by atoms with Crippen LogP contribution in [0, 0.1) is 5.92 Å². The zero-order chi connectivity index (χ0) is 9.10. The molecule has 0 saturated heterocycles. The first-order chi connectivity index (χ1) is 6.36. The highest BCUT2D eigenvalue weighted by Gasteiger charge is 2.26. The third kappa shape index (κ3) is 2.98. The zero-order valence-corrected chi connectivity index (χ0v) is 8.89. The van der Waals surface area contributed by atoms with Gasteiger partial charge in [0.15, 0.2) is 0 Å². The van der Waals surface area contributed by atoms with Crippen LogP contribution in [0.25, 0.3) is 0 Å². The number of nitrogens with one attached hydrogen (secondary N) is 1. The van der Waals surface area contributed by atoms with E-state index in [1.54, 1.807) is 0 Å². The standard InChI is InChI=1S/C12H23N/c1-10(13-12-8-9-12)11-6-4-2-3-5-7-11/h10-13H,2-9H2,1H3/t10-/m0/s1. The molecule has 76 valence electrons. The molecule has 0 aromatic heterocycles. The van der Waals surface area contributed by atoms with E-state index in [2.05, 4.69) is 12.2 Å². The summed E-state index contributed by atoms with van der Waals surface area (Å²) in [6.45, 7) is 2.40. The van der Waals surface area contributed by atoms with E-state index in [-0.39, 0.29) is 0 Å². The van der Waals surface area contributed by atoms with Gasteiger partial charge in [-0.2, -0.15) is 0 Å². The lowest BCUT2D eigenvalue weighted by molar-refractivity contribution is 0.336. The summed E-state index contributed by atoms with van der Waals surface area (Å²) in [6, 6.07) is 1.67. The van der Waals surface area contributed by atoms with E-state index < -0.39 is 0 Å². The largest absolute Gasteiger partial charge is 0.311 e. The van der Waals surface area contributed by atoms with Crippen LogP contribution < -0.4 is 5.32 Å². The normalized spacial score (nSPS) is 28.4. The van der Waals surface area contributed by atoms with E-state index in [1.165, 1.54) is 51.4 Å². The highest BCUT2D eigenvalue weighted by molar-refractivity contribution is 4.86. The summed E-state index contributed by atoms with van der Waals surface area (Å²) in [5, 5.41) is 3.75. The van der Waals surface area contributed by atoms with Crippen LogP contribution >= 0.6 is 0 Å². The van der Waals surface area contributed by atoms with Crippen molar-refractivity contribution >= 4 is 0 Å². The van der Waals surface area contributed by atoms with Gasteiger partial charge in [0, 0.05) is 12.1 Å². The Balaban J connectivity index is 1.74. The molecule has 0 spiro atoms. The van der Waals surface area contributed by atoms with Gasteiger partial charge in [-0.25, -0.2) is 0 Å². The van der Waals surface area contributed by atoms with E-state index in [4.69, 9.17) is 0 Å².